The van der Waals surface area contributed by atoms with Gasteiger partial charge in [0.1, 0.15) is 0 Å². The van der Waals surface area contributed by atoms with E-state index in [4.69, 9.17) is 9.47 Å². The lowest BCUT2D eigenvalue weighted by atomic mass is 9.95. The van der Waals surface area contributed by atoms with E-state index in [2.05, 4.69) is 0 Å². The van der Waals surface area contributed by atoms with E-state index in [0.29, 0.717) is 19.6 Å². The Kier molecular flexibility index (Phi) is 4.52. The number of allylic oxidation sites excluding steroid dienone is 1. The third-order valence-electron chi connectivity index (χ3n) is 2.59. The van der Waals surface area contributed by atoms with Crippen LogP contribution in [0.4, 0.5) is 0 Å². The summed E-state index contributed by atoms with van der Waals surface area (Å²) in [6.07, 6.45) is 2.39. The molecule has 4 heteroatoms. The molecular formula is C12H18O4. The van der Waals surface area contributed by atoms with Crippen molar-refractivity contribution in [2.24, 2.45) is 11.8 Å². The molecule has 0 saturated carbocycles. The molecule has 1 aliphatic carbocycles. The molecule has 0 aliphatic heterocycles. The van der Waals surface area contributed by atoms with Crippen LogP contribution < -0.4 is 0 Å². The lowest BCUT2D eigenvalue weighted by Gasteiger charge is -2.16. The normalized spacial score (nSPS) is 23.8. The maximum atomic E-state index is 11.6. The van der Waals surface area contributed by atoms with Gasteiger partial charge < -0.3 is 9.47 Å². The fraction of sp³-hybridized carbons (Fsp3) is 0.667. The predicted molar refractivity (Wildman–Crippen MR) is 58.6 cm³/mol. The highest BCUT2D eigenvalue weighted by molar-refractivity contribution is 5.85. The Bertz CT molecular complexity index is 306. The van der Waals surface area contributed by atoms with Crippen molar-refractivity contribution >= 4 is 11.9 Å². The van der Waals surface area contributed by atoms with Crippen LogP contribution in [0, 0.1) is 11.8 Å². The van der Waals surface area contributed by atoms with E-state index >= 15 is 0 Å². The first-order chi connectivity index (χ1) is 7.60. The van der Waals surface area contributed by atoms with Crippen molar-refractivity contribution in [2.75, 3.05) is 13.2 Å². The Morgan fingerprint density at radius 1 is 1.25 bits per heavy atom. The molecule has 1 rings (SSSR count). The highest BCUT2D eigenvalue weighted by atomic mass is 16.5. The minimum Gasteiger partial charge on any atom is -0.466 e. The Hall–Kier alpha value is -1.32. The minimum absolute atomic E-state index is 0.311. The summed E-state index contributed by atoms with van der Waals surface area (Å²) >= 11 is 0. The fourth-order valence-corrected chi connectivity index (χ4v) is 1.91. The standard InChI is InChI=1S/C12H18O4/c1-4-15-11(13)9-6-8(3)7-10(9)12(14)16-5-2/h6,9-10H,4-5,7H2,1-3H3. The Labute approximate surface area is 95.6 Å². The Morgan fingerprint density at radius 2 is 1.81 bits per heavy atom. The van der Waals surface area contributed by atoms with Crippen LogP contribution in [-0.4, -0.2) is 25.2 Å². The topological polar surface area (TPSA) is 52.6 Å². The Balaban J connectivity index is 2.71. The first-order valence-corrected chi connectivity index (χ1v) is 5.60. The maximum Gasteiger partial charge on any atom is 0.313 e. The molecule has 0 spiro atoms. The van der Waals surface area contributed by atoms with Gasteiger partial charge in [-0.15, -0.1) is 0 Å². The largest absolute Gasteiger partial charge is 0.466 e. The van der Waals surface area contributed by atoms with Crippen molar-refractivity contribution in [3.8, 4) is 0 Å². The summed E-state index contributed by atoms with van der Waals surface area (Å²) in [5.41, 5.74) is 1.04. The fourth-order valence-electron chi connectivity index (χ4n) is 1.91. The van der Waals surface area contributed by atoms with Crippen molar-refractivity contribution in [2.45, 2.75) is 27.2 Å². The molecular weight excluding hydrogens is 208 g/mol. The van der Waals surface area contributed by atoms with Crippen LogP contribution in [0.2, 0.25) is 0 Å². The van der Waals surface area contributed by atoms with Gasteiger partial charge in [-0.1, -0.05) is 11.6 Å². The molecule has 2 unspecified atom stereocenters. The molecule has 0 bridgehead atoms. The average molecular weight is 226 g/mol. The molecule has 4 nitrogen and oxygen atoms in total. The number of rotatable bonds is 4. The van der Waals surface area contributed by atoms with E-state index in [-0.39, 0.29) is 11.9 Å². The van der Waals surface area contributed by atoms with Gasteiger partial charge >= 0.3 is 11.9 Å². The summed E-state index contributed by atoms with van der Waals surface area (Å²) in [7, 11) is 0. The van der Waals surface area contributed by atoms with Gasteiger partial charge in [0.2, 0.25) is 0 Å². The lowest BCUT2D eigenvalue weighted by Crippen LogP contribution is -2.28. The summed E-state index contributed by atoms with van der Waals surface area (Å²) in [6.45, 7) is 6.09. The highest BCUT2D eigenvalue weighted by Gasteiger charge is 2.38. The second kappa shape index (κ2) is 5.68. The van der Waals surface area contributed by atoms with Crippen LogP contribution in [0.1, 0.15) is 27.2 Å². The SMILES string of the molecule is CCOC(=O)C1C=C(C)CC1C(=O)OCC. The number of carbonyl (C=O) groups excluding carboxylic acids is 2. The average Bonchev–Trinajstić information content (AvgIpc) is 2.61. The molecule has 0 fully saturated rings. The zero-order chi connectivity index (χ0) is 12.1. The molecule has 0 aromatic rings. The molecule has 1 aliphatic rings. The zero-order valence-electron chi connectivity index (χ0n) is 9.99. The monoisotopic (exact) mass is 226 g/mol. The van der Waals surface area contributed by atoms with Crippen LogP contribution >= 0.6 is 0 Å². The smallest absolute Gasteiger partial charge is 0.313 e. The zero-order valence-corrected chi connectivity index (χ0v) is 9.99. The second-order valence-electron chi connectivity index (χ2n) is 3.85. The van der Waals surface area contributed by atoms with Crippen LogP contribution in [0.25, 0.3) is 0 Å². The van der Waals surface area contributed by atoms with Crippen LogP contribution in [0.15, 0.2) is 11.6 Å². The predicted octanol–water partition coefficient (Wildman–Crippen LogP) is 1.70. The summed E-state index contributed by atoms with van der Waals surface area (Å²) in [5.74, 6) is -1.52. The number of hydrogen-bond donors (Lipinski definition) is 0. The van der Waals surface area contributed by atoms with Gasteiger partial charge in [0.15, 0.2) is 0 Å². The van der Waals surface area contributed by atoms with E-state index < -0.39 is 11.8 Å². The van der Waals surface area contributed by atoms with Crippen LogP contribution in [0.5, 0.6) is 0 Å². The molecule has 0 saturated heterocycles. The number of carbonyl (C=O) groups is 2. The molecule has 2 atom stereocenters. The number of hydrogen-bond acceptors (Lipinski definition) is 4. The summed E-state index contributed by atoms with van der Waals surface area (Å²) in [6, 6.07) is 0. The van der Waals surface area contributed by atoms with Gasteiger partial charge in [-0.2, -0.15) is 0 Å². The summed E-state index contributed by atoms with van der Waals surface area (Å²) in [5, 5.41) is 0. The van der Waals surface area contributed by atoms with Crippen LogP contribution in [0.3, 0.4) is 0 Å². The molecule has 0 aromatic carbocycles. The summed E-state index contributed by atoms with van der Waals surface area (Å²) < 4.78 is 9.89. The van der Waals surface area contributed by atoms with Gasteiger partial charge in [-0.05, 0) is 27.2 Å². The minimum atomic E-state index is -0.473. The third kappa shape index (κ3) is 2.84. The van der Waals surface area contributed by atoms with Crippen molar-refractivity contribution in [1.82, 2.24) is 0 Å². The molecule has 0 amide bonds. The van der Waals surface area contributed by atoms with Gasteiger partial charge in [0.25, 0.3) is 0 Å². The van der Waals surface area contributed by atoms with Gasteiger partial charge in [-0.3, -0.25) is 9.59 Å². The Morgan fingerprint density at radius 3 is 2.38 bits per heavy atom. The molecule has 0 radical (unpaired) electrons. The number of ether oxygens (including phenoxy) is 2. The van der Waals surface area contributed by atoms with Crippen molar-refractivity contribution in [3.05, 3.63) is 11.6 Å². The van der Waals surface area contributed by atoms with Crippen molar-refractivity contribution in [1.29, 1.82) is 0 Å². The highest BCUT2D eigenvalue weighted by Crippen LogP contribution is 2.32. The summed E-state index contributed by atoms with van der Waals surface area (Å²) in [4.78, 5) is 23.3. The second-order valence-corrected chi connectivity index (χ2v) is 3.85. The molecule has 90 valence electrons. The van der Waals surface area contributed by atoms with E-state index in [9.17, 15) is 9.59 Å². The van der Waals surface area contributed by atoms with Crippen molar-refractivity contribution < 1.29 is 19.1 Å². The van der Waals surface area contributed by atoms with Crippen LogP contribution in [-0.2, 0) is 19.1 Å². The van der Waals surface area contributed by atoms with Gasteiger partial charge in [-0.25, -0.2) is 0 Å². The first-order valence-electron chi connectivity index (χ1n) is 5.60. The molecule has 0 heterocycles. The maximum absolute atomic E-state index is 11.6. The van der Waals surface area contributed by atoms with Gasteiger partial charge in [0, 0.05) is 0 Å². The van der Waals surface area contributed by atoms with E-state index in [1.165, 1.54) is 0 Å². The van der Waals surface area contributed by atoms with Gasteiger partial charge in [0.05, 0.1) is 25.0 Å². The lowest BCUT2D eigenvalue weighted by molar-refractivity contribution is -0.157. The van der Waals surface area contributed by atoms with E-state index in [0.717, 1.165) is 5.57 Å². The molecule has 0 aromatic heterocycles. The van der Waals surface area contributed by atoms with E-state index in [1.807, 2.05) is 6.92 Å². The first kappa shape index (κ1) is 12.7. The quantitative estimate of drug-likeness (QED) is 0.540. The molecule has 0 N–H and O–H groups in total. The number of esters is 2. The van der Waals surface area contributed by atoms with E-state index in [1.54, 1.807) is 19.9 Å². The van der Waals surface area contributed by atoms with Crippen molar-refractivity contribution in [3.63, 3.8) is 0 Å². The third-order valence-corrected chi connectivity index (χ3v) is 2.59. The molecule has 16 heavy (non-hydrogen) atoms.